The summed E-state index contributed by atoms with van der Waals surface area (Å²) in [5.41, 5.74) is 8.12. The number of benzene rings is 1. The second-order valence-electron chi connectivity index (χ2n) is 10.9. The topological polar surface area (TPSA) is 167 Å². The Balaban J connectivity index is 1.62. The summed E-state index contributed by atoms with van der Waals surface area (Å²) in [5.74, 6) is -0.356. The number of hydrogen-bond donors (Lipinski definition) is 3. The van der Waals surface area contributed by atoms with Crippen LogP contribution in [0.4, 0.5) is 5.82 Å². The number of ether oxygens (including phenoxy) is 3. The van der Waals surface area contributed by atoms with Gasteiger partial charge in [-0.15, -0.1) is 0 Å². The third-order valence-electron chi connectivity index (χ3n) is 7.58. The molecule has 1 amide bonds. The molecule has 3 heterocycles. The Kier molecular flexibility index (Phi) is 10.8. The highest BCUT2D eigenvalue weighted by Crippen LogP contribution is 2.32. The quantitative estimate of drug-likeness (QED) is 0.197. The average Bonchev–Trinajstić information content (AvgIpc) is 3.31. The summed E-state index contributed by atoms with van der Waals surface area (Å²) in [4.78, 5) is 52.4. The van der Waals surface area contributed by atoms with Crippen LogP contribution in [0.5, 0.6) is 6.01 Å². The highest BCUT2D eigenvalue weighted by atomic mass is 16.5. The van der Waals surface area contributed by atoms with E-state index < -0.39 is 24.0 Å². The number of amides is 1. The molecule has 3 aromatic rings. The molecule has 234 valence electrons. The van der Waals surface area contributed by atoms with Crippen molar-refractivity contribution in [3.8, 4) is 6.01 Å². The number of fused-ring (bicyclic) bond motifs is 1. The number of carbonyl (C=O) groups excluding carboxylic acids is 2. The number of anilines is 1. The number of rotatable bonds is 13. The summed E-state index contributed by atoms with van der Waals surface area (Å²) in [7, 11) is 1.36. The predicted molar refractivity (Wildman–Crippen MR) is 161 cm³/mol. The predicted octanol–water partition coefficient (Wildman–Crippen LogP) is 2.69. The van der Waals surface area contributed by atoms with Gasteiger partial charge in [0.2, 0.25) is 5.91 Å². The zero-order chi connectivity index (χ0) is 31.1. The number of imidazole rings is 1. The van der Waals surface area contributed by atoms with E-state index in [4.69, 9.17) is 19.9 Å². The fraction of sp³-hybridized carbons (Fsp3) is 0.567. The number of morpholine rings is 1. The Labute approximate surface area is 251 Å². The molecule has 43 heavy (non-hydrogen) atoms. The number of nitrogens with two attached hydrogens (primary N) is 1. The van der Waals surface area contributed by atoms with Gasteiger partial charge in [-0.1, -0.05) is 51.0 Å². The first-order valence-electron chi connectivity index (χ1n) is 14.9. The van der Waals surface area contributed by atoms with Crippen LogP contribution in [-0.2, 0) is 32.0 Å². The fourth-order valence-corrected chi connectivity index (χ4v) is 5.49. The van der Waals surface area contributed by atoms with Crippen LogP contribution in [0.2, 0.25) is 0 Å². The Morgan fingerprint density at radius 3 is 2.56 bits per heavy atom. The van der Waals surface area contributed by atoms with Crippen LogP contribution in [0.1, 0.15) is 70.7 Å². The lowest BCUT2D eigenvalue weighted by Gasteiger charge is -2.46. The number of unbranched alkanes of at least 4 members (excludes halogenated alkanes) is 1. The van der Waals surface area contributed by atoms with Gasteiger partial charge in [0.05, 0.1) is 38.4 Å². The van der Waals surface area contributed by atoms with Crippen LogP contribution in [0.15, 0.2) is 29.1 Å². The van der Waals surface area contributed by atoms with E-state index in [0.29, 0.717) is 37.3 Å². The molecule has 0 spiro atoms. The molecule has 4 rings (SSSR count). The van der Waals surface area contributed by atoms with Gasteiger partial charge >= 0.3 is 17.7 Å². The molecule has 1 fully saturated rings. The van der Waals surface area contributed by atoms with Gasteiger partial charge in [-0.05, 0) is 37.8 Å². The summed E-state index contributed by atoms with van der Waals surface area (Å²) in [5, 5.41) is 3.07. The molecule has 0 bridgehead atoms. The standard InChI is InChI=1S/C30H43N7O6/c1-6-8-14-42-29-34-25(31)24-26(35-29)37(30(40)33-24)28-19(4)43-18(3)17-36(28)22(9-7-2)27(39)32-16-21-12-10-20(11-13-21)15-23(38)41-5/h10-13,18-19,22,28H,6-9,14-17H2,1-5H3,(H,32,39)(H,33,40)(H2,31,34,35)/t18-,19+,22?,28?/m1/s1. The molecule has 2 aromatic heterocycles. The van der Waals surface area contributed by atoms with E-state index in [9.17, 15) is 14.4 Å². The smallest absolute Gasteiger partial charge is 0.329 e. The largest absolute Gasteiger partial charge is 0.469 e. The Morgan fingerprint density at radius 1 is 1.16 bits per heavy atom. The maximum absolute atomic E-state index is 13.8. The molecule has 4 atom stereocenters. The van der Waals surface area contributed by atoms with E-state index in [0.717, 1.165) is 30.4 Å². The van der Waals surface area contributed by atoms with Crippen LogP contribution < -0.4 is 21.5 Å². The number of hydrogen-bond acceptors (Lipinski definition) is 10. The van der Waals surface area contributed by atoms with Gasteiger partial charge in [-0.25, -0.2) is 4.79 Å². The number of nitrogen functional groups attached to an aromatic ring is 1. The van der Waals surface area contributed by atoms with E-state index in [1.165, 1.54) is 11.7 Å². The molecule has 4 N–H and O–H groups in total. The Bertz CT molecular complexity index is 1450. The van der Waals surface area contributed by atoms with Crippen molar-refractivity contribution in [1.82, 2.24) is 29.7 Å². The Morgan fingerprint density at radius 2 is 1.88 bits per heavy atom. The summed E-state index contributed by atoms with van der Waals surface area (Å²) in [6.45, 7) is 9.08. The molecule has 13 nitrogen and oxygen atoms in total. The average molecular weight is 598 g/mol. The third-order valence-corrected chi connectivity index (χ3v) is 7.58. The lowest BCUT2D eigenvalue weighted by atomic mass is 10.0. The van der Waals surface area contributed by atoms with Crippen LogP contribution >= 0.6 is 0 Å². The lowest BCUT2D eigenvalue weighted by molar-refractivity contribution is -0.155. The van der Waals surface area contributed by atoms with Crippen molar-refractivity contribution in [2.45, 2.75) is 90.8 Å². The van der Waals surface area contributed by atoms with Crippen LogP contribution in [0, 0.1) is 0 Å². The zero-order valence-corrected chi connectivity index (χ0v) is 25.6. The van der Waals surface area contributed by atoms with Gasteiger partial charge in [-0.3, -0.25) is 19.1 Å². The number of H-pyrrole nitrogens is 1. The van der Waals surface area contributed by atoms with Gasteiger partial charge in [-0.2, -0.15) is 9.97 Å². The first-order chi connectivity index (χ1) is 20.7. The first-order valence-corrected chi connectivity index (χ1v) is 14.9. The van der Waals surface area contributed by atoms with E-state index in [-0.39, 0.29) is 36.2 Å². The van der Waals surface area contributed by atoms with Gasteiger partial charge in [0, 0.05) is 13.1 Å². The van der Waals surface area contributed by atoms with Crippen molar-refractivity contribution in [3.63, 3.8) is 0 Å². The molecule has 1 aromatic carbocycles. The van der Waals surface area contributed by atoms with Crippen LogP contribution in [0.3, 0.4) is 0 Å². The summed E-state index contributed by atoms with van der Waals surface area (Å²) in [6, 6.07) is 7.01. The maximum atomic E-state index is 13.8. The summed E-state index contributed by atoms with van der Waals surface area (Å²) >= 11 is 0. The highest BCUT2D eigenvalue weighted by molar-refractivity contribution is 5.83. The van der Waals surface area contributed by atoms with Crippen molar-refractivity contribution in [1.29, 1.82) is 0 Å². The molecule has 0 saturated carbocycles. The van der Waals surface area contributed by atoms with Crippen LogP contribution in [0.25, 0.3) is 11.2 Å². The number of nitrogens with one attached hydrogen (secondary N) is 2. The van der Waals surface area contributed by atoms with Crippen molar-refractivity contribution < 1.29 is 23.8 Å². The molecule has 0 radical (unpaired) electrons. The SMILES string of the molecule is CCCCOc1nc(N)c2[nH]c(=O)n(C3[C@H](C)O[C@H](C)CN3C(CCC)C(=O)NCc3ccc(CC(=O)OC)cc3)c2n1. The second-order valence-corrected chi connectivity index (χ2v) is 10.9. The zero-order valence-electron chi connectivity index (χ0n) is 25.6. The number of esters is 1. The lowest BCUT2D eigenvalue weighted by Crippen LogP contribution is -2.59. The molecule has 13 heteroatoms. The van der Waals surface area contributed by atoms with Crippen molar-refractivity contribution in [2.24, 2.45) is 0 Å². The minimum Gasteiger partial charge on any atom is -0.469 e. The minimum absolute atomic E-state index is 0.0935. The summed E-state index contributed by atoms with van der Waals surface area (Å²) < 4.78 is 18.2. The second kappa shape index (κ2) is 14.5. The normalized spacial score (nSPS) is 19.7. The van der Waals surface area contributed by atoms with Gasteiger partial charge in [0.25, 0.3) is 0 Å². The molecule has 2 unspecified atom stereocenters. The molecule has 1 saturated heterocycles. The van der Waals surface area contributed by atoms with Gasteiger partial charge in [0.1, 0.15) is 11.7 Å². The van der Waals surface area contributed by atoms with Crippen molar-refractivity contribution in [3.05, 3.63) is 45.9 Å². The van der Waals surface area contributed by atoms with E-state index in [2.05, 4.69) is 27.2 Å². The molecular formula is C30H43N7O6. The summed E-state index contributed by atoms with van der Waals surface area (Å²) in [6.07, 6.45) is 2.01. The van der Waals surface area contributed by atoms with E-state index in [1.807, 2.05) is 49.9 Å². The van der Waals surface area contributed by atoms with Gasteiger partial charge < -0.3 is 30.2 Å². The number of nitrogens with zero attached hydrogens (tertiary/aromatic N) is 4. The maximum Gasteiger partial charge on any atom is 0.329 e. The van der Waals surface area contributed by atoms with E-state index >= 15 is 0 Å². The molecule has 1 aliphatic heterocycles. The minimum atomic E-state index is -0.643. The van der Waals surface area contributed by atoms with Crippen molar-refractivity contribution >= 4 is 28.9 Å². The fourth-order valence-electron chi connectivity index (χ4n) is 5.49. The number of methoxy groups -OCH3 is 1. The number of carbonyl (C=O) groups is 2. The number of aromatic amines is 1. The molecular weight excluding hydrogens is 554 g/mol. The monoisotopic (exact) mass is 597 g/mol. The van der Waals surface area contributed by atoms with Crippen LogP contribution in [-0.4, -0.2) is 74.8 Å². The third kappa shape index (κ3) is 7.52. The van der Waals surface area contributed by atoms with Crippen molar-refractivity contribution in [2.75, 3.05) is 26.0 Å². The molecule has 1 aliphatic rings. The van der Waals surface area contributed by atoms with E-state index in [1.54, 1.807) is 0 Å². The Hall–Kier alpha value is -3.97. The highest BCUT2D eigenvalue weighted by Gasteiger charge is 2.42. The van der Waals surface area contributed by atoms with Gasteiger partial charge in [0.15, 0.2) is 11.5 Å². The molecule has 0 aliphatic carbocycles. The first kappa shape index (κ1) is 32.0. The number of aromatic nitrogens is 4.